The van der Waals surface area contributed by atoms with Crippen LogP contribution in [0.15, 0.2) is 39.8 Å². The van der Waals surface area contributed by atoms with Gasteiger partial charge in [-0.3, -0.25) is 0 Å². The van der Waals surface area contributed by atoms with Crippen LogP contribution < -0.4 is 0 Å². The third kappa shape index (κ3) is 3.31. The van der Waals surface area contributed by atoms with Crippen LogP contribution in [0.25, 0.3) is 5.57 Å². The van der Waals surface area contributed by atoms with Crippen molar-refractivity contribution in [3.8, 4) is 11.5 Å². The van der Waals surface area contributed by atoms with Gasteiger partial charge in [-0.15, -0.1) is 0 Å². The van der Waals surface area contributed by atoms with Crippen molar-refractivity contribution in [2.75, 3.05) is 0 Å². The lowest BCUT2D eigenvalue weighted by Gasteiger charge is -2.11. The van der Waals surface area contributed by atoms with Crippen molar-refractivity contribution < 1.29 is 10.2 Å². The number of rotatable bonds is 2. The van der Waals surface area contributed by atoms with Crippen molar-refractivity contribution in [1.29, 1.82) is 0 Å². The molecule has 2 aromatic rings. The Hall–Kier alpha value is -0.680. The topological polar surface area (TPSA) is 40.5 Å². The highest BCUT2D eigenvalue weighted by Crippen LogP contribution is 2.38. The number of phenolic OH excluding ortho intramolecular Hbond substituents is 2. The molecule has 0 spiro atoms. The van der Waals surface area contributed by atoms with E-state index < -0.39 is 0 Å². The fraction of sp³-hybridized carbons (Fsp3) is 0. The Morgan fingerprint density at radius 3 is 1.50 bits per heavy atom. The quantitative estimate of drug-likeness (QED) is 0.611. The first-order chi connectivity index (χ1) is 9.40. The molecule has 0 saturated carbocycles. The van der Waals surface area contributed by atoms with E-state index in [0.29, 0.717) is 3.39 Å². The first-order valence-corrected chi connectivity index (χ1v) is 7.77. The fourth-order valence-electron chi connectivity index (χ4n) is 1.71. The molecule has 6 heteroatoms. The average Bonchev–Trinajstić information content (AvgIpc) is 2.38. The van der Waals surface area contributed by atoms with E-state index in [1.54, 1.807) is 24.3 Å². The maximum atomic E-state index is 9.49. The number of aromatic hydroxyl groups is 2. The van der Waals surface area contributed by atoms with Crippen molar-refractivity contribution in [3.05, 3.63) is 61.0 Å². The van der Waals surface area contributed by atoms with Gasteiger partial charge in [-0.2, -0.15) is 0 Å². The van der Waals surface area contributed by atoms with E-state index in [0.717, 1.165) is 16.7 Å². The minimum absolute atomic E-state index is 0.0178. The second-order valence-corrected chi connectivity index (χ2v) is 7.43. The standard InChI is InChI=1S/C14H8Br2Cl2O2/c15-14(16)13(7-1-3-11(19)9(17)5-7)8-2-4-12(20)10(18)6-8/h1-6,19-20H. The predicted octanol–water partition coefficient (Wildman–Crippen LogP) is 5.91. The molecule has 104 valence electrons. The van der Waals surface area contributed by atoms with Gasteiger partial charge in [0.2, 0.25) is 0 Å². The number of hydrogen-bond donors (Lipinski definition) is 2. The summed E-state index contributed by atoms with van der Waals surface area (Å²) in [6.07, 6.45) is 0. The molecule has 2 rings (SSSR count). The summed E-state index contributed by atoms with van der Waals surface area (Å²) in [5, 5.41) is 19.5. The minimum Gasteiger partial charge on any atom is -0.506 e. The zero-order valence-electron chi connectivity index (χ0n) is 9.87. The van der Waals surface area contributed by atoms with Gasteiger partial charge in [0.1, 0.15) is 11.5 Å². The van der Waals surface area contributed by atoms with E-state index in [-0.39, 0.29) is 21.5 Å². The average molecular weight is 439 g/mol. The van der Waals surface area contributed by atoms with Gasteiger partial charge >= 0.3 is 0 Å². The van der Waals surface area contributed by atoms with Crippen LogP contribution in [0.5, 0.6) is 11.5 Å². The van der Waals surface area contributed by atoms with Gasteiger partial charge in [-0.05, 0) is 67.3 Å². The molecule has 0 bridgehead atoms. The molecule has 0 saturated heterocycles. The molecule has 2 aromatic carbocycles. The van der Waals surface area contributed by atoms with Crippen LogP contribution in [0.1, 0.15) is 11.1 Å². The molecular formula is C14H8Br2Cl2O2. The van der Waals surface area contributed by atoms with Crippen molar-refractivity contribution in [2.45, 2.75) is 0 Å². The lowest BCUT2D eigenvalue weighted by molar-refractivity contribution is 0.475. The molecule has 0 amide bonds. The van der Waals surface area contributed by atoms with Crippen molar-refractivity contribution in [1.82, 2.24) is 0 Å². The summed E-state index contributed by atoms with van der Waals surface area (Å²) >= 11 is 18.6. The summed E-state index contributed by atoms with van der Waals surface area (Å²) < 4.78 is 0.702. The highest BCUT2D eigenvalue weighted by Gasteiger charge is 2.12. The Bertz CT molecular complexity index is 642. The summed E-state index contributed by atoms with van der Waals surface area (Å²) in [6, 6.07) is 9.80. The van der Waals surface area contributed by atoms with Crippen LogP contribution in [0, 0.1) is 0 Å². The number of phenols is 2. The highest BCUT2D eigenvalue weighted by molar-refractivity contribution is 9.28. The Balaban J connectivity index is 2.60. The van der Waals surface area contributed by atoms with Crippen LogP contribution in [0.2, 0.25) is 10.0 Å². The van der Waals surface area contributed by atoms with Gasteiger partial charge < -0.3 is 10.2 Å². The van der Waals surface area contributed by atoms with E-state index in [4.69, 9.17) is 23.2 Å². The Kier molecular flexibility index (Phi) is 5.02. The molecule has 0 aliphatic heterocycles. The SMILES string of the molecule is Oc1ccc(C(=C(Br)Br)c2ccc(O)c(Cl)c2)cc1Cl. The fourth-order valence-corrected chi connectivity index (χ4v) is 2.99. The monoisotopic (exact) mass is 436 g/mol. The van der Waals surface area contributed by atoms with E-state index in [1.165, 1.54) is 12.1 Å². The normalized spacial score (nSPS) is 10.4. The van der Waals surface area contributed by atoms with Gasteiger partial charge in [-0.25, -0.2) is 0 Å². The second kappa shape index (κ2) is 6.39. The van der Waals surface area contributed by atoms with Gasteiger partial charge in [0.05, 0.1) is 13.4 Å². The molecule has 20 heavy (non-hydrogen) atoms. The molecule has 0 aromatic heterocycles. The Morgan fingerprint density at radius 1 is 0.800 bits per heavy atom. The van der Waals surface area contributed by atoms with Gasteiger partial charge in [0, 0.05) is 5.57 Å². The van der Waals surface area contributed by atoms with Gasteiger partial charge in [-0.1, -0.05) is 35.3 Å². The molecule has 0 aliphatic rings. The molecular weight excluding hydrogens is 431 g/mol. The second-order valence-electron chi connectivity index (χ2n) is 3.97. The molecule has 0 atom stereocenters. The third-order valence-electron chi connectivity index (χ3n) is 2.66. The van der Waals surface area contributed by atoms with E-state index in [1.807, 2.05) is 0 Å². The van der Waals surface area contributed by atoms with Crippen molar-refractivity contribution in [3.63, 3.8) is 0 Å². The Morgan fingerprint density at radius 2 is 1.20 bits per heavy atom. The van der Waals surface area contributed by atoms with E-state index in [2.05, 4.69) is 31.9 Å². The van der Waals surface area contributed by atoms with Crippen LogP contribution in [0.4, 0.5) is 0 Å². The van der Waals surface area contributed by atoms with Crippen LogP contribution >= 0.6 is 55.1 Å². The molecule has 2 N–H and O–H groups in total. The van der Waals surface area contributed by atoms with E-state index >= 15 is 0 Å². The molecule has 0 aliphatic carbocycles. The zero-order chi connectivity index (χ0) is 14.9. The van der Waals surface area contributed by atoms with Crippen molar-refractivity contribution in [2.24, 2.45) is 0 Å². The van der Waals surface area contributed by atoms with E-state index in [9.17, 15) is 10.2 Å². The zero-order valence-corrected chi connectivity index (χ0v) is 14.6. The molecule has 0 fully saturated rings. The number of halogens is 4. The molecule has 2 nitrogen and oxygen atoms in total. The maximum absolute atomic E-state index is 9.49. The summed E-state index contributed by atoms with van der Waals surface area (Å²) in [6.45, 7) is 0. The van der Waals surface area contributed by atoms with Crippen LogP contribution in [0.3, 0.4) is 0 Å². The van der Waals surface area contributed by atoms with Crippen LogP contribution in [-0.2, 0) is 0 Å². The maximum Gasteiger partial charge on any atom is 0.134 e. The summed E-state index contributed by atoms with van der Waals surface area (Å²) in [5.41, 5.74) is 2.38. The summed E-state index contributed by atoms with van der Waals surface area (Å²) in [4.78, 5) is 0. The minimum atomic E-state index is 0.0178. The lowest BCUT2D eigenvalue weighted by atomic mass is 9.99. The van der Waals surface area contributed by atoms with Gasteiger partial charge in [0.15, 0.2) is 0 Å². The summed E-state index contributed by atoms with van der Waals surface area (Å²) in [5.74, 6) is 0.0356. The van der Waals surface area contributed by atoms with Crippen molar-refractivity contribution >= 4 is 60.6 Å². The molecule has 0 radical (unpaired) electrons. The third-order valence-corrected chi connectivity index (χ3v) is 4.06. The first-order valence-electron chi connectivity index (χ1n) is 5.43. The predicted molar refractivity (Wildman–Crippen MR) is 90.1 cm³/mol. The first kappa shape index (κ1) is 15.7. The molecule has 0 unspecified atom stereocenters. The van der Waals surface area contributed by atoms with Crippen LogP contribution in [-0.4, -0.2) is 10.2 Å². The van der Waals surface area contributed by atoms with Gasteiger partial charge in [0.25, 0.3) is 0 Å². The summed E-state index contributed by atoms with van der Waals surface area (Å²) in [7, 11) is 0. The molecule has 0 heterocycles. The smallest absolute Gasteiger partial charge is 0.134 e. The number of benzene rings is 2. The highest BCUT2D eigenvalue weighted by atomic mass is 79.9. The Labute approximate surface area is 142 Å². The number of hydrogen-bond acceptors (Lipinski definition) is 2. The lowest BCUT2D eigenvalue weighted by Crippen LogP contribution is -1.89. The largest absolute Gasteiger partial charge is 0.506 e.